The molecule has 22 heavy (non-hydrogen) atoms. The van der Waals surface area contributed by atoms with Crippen LogP contribution in [0.1, 0.15) is 14.7 Å². The molecule has 1 fully saturated rings. The molecular formula is C15H18N4O2S. The Labute approximate surface area is 133 Å². The van der Waals surface area contributed by atoms with Crippen LogP contribution in [-0.2, 0) is 6.54 Å². The maximum Gasteiger partial charge on any atom is 0.348 e. The minimum absolute atomic E-state index is 0.301. The first-order chi connectivity index (χ1) is 10.6. The molecule has 0 spiro atoms. The van der Waals surface area contributed by atoms with Gasteiger partial charge in [0.15, 0.2) is 0 Å². The predicted octanol–water partition coefficient (Wildman–Crippen LogP) is 1.65. The molecule has 1 N–H and O–H groups in total. The van der Waals surface area contributed by atoms with E-state index in [1.807, 2.05) is 0 Å². The highest BCUT2D eigenvalue weighted by molar-refractivity contribution is 7.14. The van der Waals surface area contributed by atoms with Gasteiger partial charge in [0, 0.05) is 44.1 Å². The van der Waals surface area contributed by atoms with E-state index in [2.05, 4.69) is 26.8 Å². The van der Waals surface area contributed by atoms with E-state index in [9.17, 15) is 9.90 Å². The van der Waals surface area contributed by atoms with Gasteiger partial charge in [0.25, 0.3) is 0 Å². The molecule has 1 saturated heterocycles. The summed E-state index contributed by atoms with van der Waals surface area (Å²) < 4.78 is 0. The number of thiazole rings is 1. The summed E-state index contributed by atoms with van der Waals surface area (Å²) >= 11 is 1.27. The number of nitrogens with zero attached hydrogens (tertiary/aromatic N) is 4. The van der Waals surface area contributed by atoms with E-state index in [1.54, 1.807) is 24.5 Å². The van der Waals surface area contributed by atoms with Gasteiger partial charge in [0.2, 0.25) is 0 Å². The van der Waals surface area contributed by atoms with Gasteiger partial charge in [-0.05, 0) is 19.2 Å². The van der Waals surface area contributed by atoms with E-state index < -0.39 is 5.97 Å². The Bertz CT molecular complexity index is 651. The Morgan fingerprint density at radius 2 is 1.95 bits per heavy atom. The first-order valence-corrected chi connectivity index (χ1v) is 7.99. The molecule has 0 radical (unpaired) electrons. The maximum absolute atomic E-state index is 11.5. The lowest BCUT2D eigenvalue weighted by molar-refractivity contribution is 0.0702. The highest BCUT2D eigenvalue weighted by atomic mass is 32.1. The first kappa shape index (κ1) is 15.1. The number of hydrogen-bond acceptors (Lipinski definition) is 6. The van der Waals surface area contributed by atoms with Gasteiger partial charge in [-0.1, -0.05) is 0 Å². The van der Waals surface area contributed by atoms with Gasteiger partial charge in [-0.3, -0.25) is 9.88 Å². The molecule has 1 aliphatic rings. The van der Waals surface area contributed by atoms with E-state index >= 15 is 0 Å². The van der Waals surface area contributed by atoms with Crippen molar-refractivity contribution in [2.45, 2.75) is 6.54 Å². The van der Waals surface area contributed by atoms with Crippen LogP contribution in [-0.4, -0.2) is 64.1 Å². The largest absolute Gasteiger partial charge is 0.477 e. The zero-order valence-corrected chi connectivity index (χ0v) is 13.2. The molecule has 3 rings (SSSR count). The van der Waals surface area contributed by atoms with Crippen molar-refractivity contribution >= 4 is 17.3 Å². The van der Waals surface area contributed by atoms with Crippen LogP contribution in [0.4, 0.5) is 0 Å². The Kier molecular flexibility index (Phi) is 4.47. The third-order valence-corrected chi connectivity index (χ3v) is 4.80. The van der Waals surface area contributed by atoms with Crippen LogP contribution >= 0.6 is 11.3 Å². The number of carbonyl (C=O) groups is 1. The summed E-state index contributed by atoms with van der Waals surface area (Å²) in [6.07, 6.45) is 3.31. The fraction of sp³-hybridized carbons (Fsp3) is 0.400. The smallest absolute Gasteiger partial charge is 0.348 e. The Morgan fingerprint density at radius 1 is 1.27 bits per heavy atom. The van der Waals surface area contributed by atoms with Crippen molar-refractivity contribution in [2.75, 3.05) is 33.2 Å². The summed E-state index contributed by atoms with van der Waals surface area (Å²) in [6.45, 7) is 4.76. The Hall–Kier alpha value is -1.83. The van der Waals surface area contributed by atoms with Crippen molar-refractivity contribution in [3.63, 3.8) is 0 Å². The summed E-state index contributed by atoms with van der Waals surface area (Å²) in [4.78, 5) is 24.9. The maximum atomic E-state index is 11.5. The molecule has 7 heteroatoms. The number of pyridine rings is 1. The summed E-state index contributed by atoms with van der Waals surface area (Å²) in [5.41, 5.74) is 1.34. The number of carboxylic acid groups (broad SMARTS) is 1. The van der Waals surface area contributed by atoms with Crippen LogP contribution in [0.2, 0.25) is 0 Å². The number of aromatic carboxylic acids is 1. The number of aromatic nitrogens is 2. The van der Waals surface area contributed by atoms with Crippen molar-refractivity contribution in [2.24, 2.45) is 0 Å². The van der Waals surface area contributed by atoms with Crippen molar-refractivity contribution in [1.29, 1.82) is 0 Å². The molecule has 0 atom stereocenters. The summed E-state index contributed by atoms with van der Waals surface area (Å²) in [5, 5.41) is 10.3. The number of likely N-dealkylation sites (N-methyl/N-ethyl adjacent to an activating group) is 1. The highest BCUT2D eigenvalue weighted by Crippen LogP contribution is 2.28. The molecule has 2 aromatic rings. The van der Waals surface area contributed by atoms with E-state index in [-0.39, 0.29) is 0 Å². The van der Waals surface area contributed by atoms with E-state index in [0.29, 0.717) is 17.1 Å². The van der Waals surface area contributed by atoms with Gasteiger partial charge in [0.1, 0.15) is 9.88 Å². The Morgan fingerprint density at radius 3 is 2.59 bits per heavy atom. The molecule has 2 aromatic heterocycles. The van der Waals surface area contributed by atoms with E-state index in [1.165, 1.54) is 11.3 Å². The van der Waals surface area contributed by atoms with E-state index in [0.717, 1.165) is 36.8 Å². The standard InChI is InChI=1S/C15H18N4O2S/c1-18-6-8-19(9-7-18)10-12-17-13(14(22-12)15(20)21)11-2-4-16-5-3-11/h2-5H,6-10H2,1H3,(H,20,21). The van der Waals surface area contributed by atoms with E-state index in [4.69, 9.17) is 0 Å². The van der Waals surface area contributed by atoms with Crippen LogP contribution in [0.15, 0.2) is 24.5 Å². The fourth-order valence-electron chi connectivity index (χ4n) is 2.48. The normalized spacial score (nSPS) is 16.8. The molecular weight excluding hydrogens is 300 g/mol. The number of rotatable bonds is 4. The monoisotopic (exact) mass is 318 g/mol. The van der Waals surface area contributed by atoms with Crippen molar-refractivity contribution in [3.05, 3.63) is 34.4 Å². The quantitative estimate of drug-likeness (QED) is 0.924. The number of hydrogen-bond donors (Lipinski definition) is 1. The fourth-order valence-corrected chi connectivity index (χ4v) is 3.45. The number of piperazine rings is 1. The van der Waals surface area contributed by atoms with Crippen LogP contribution < -0.4 is 0 Å². The van der Waals surface area contributed by atoms with Crippen LogP contribution in [0, 0.1) is 0 Å². The van der Waals surface area contributed by atoms with Crippen molar-refractivity contribution in [1.82, 2.24) is 19.8 Å². The molecule has 0 amide bonds. The molecule has 0 bridgehead atoms. The summed E-state index contributed by atoms with van der Waals surface area (Å²) in [6, 6.07) is 3.59. The van der Waals surface area contributed by atoms with Gasteiger partial charge in [-0.25, -0.2) is 9.78 Å². The molecule has 0 aromatic carbocycles. The highest BCUT2D eigenvalue weighted by Gasteiger charge is 2.21. The molecule has 0 unspecified atom stereocenters. The lowest BCUT2D eigenvalue weighted by Gasteiger charge is -2.31. The second-order valence-corrected chi connectivity index (χ2v) is 6.49. The summed E-state index contributed by atoms with van der Waals surface area (Å²) in [5.74, 6) is -0.922. The molecule has 116 valence electrons. The lowest BCUT2D eigenvalue weighted by Crippen LogP contribution is -2.43. The van der Waals surface area contributed by atoms with Crippen LogP contribution in [0.25, 0.3) is 11.3 Å². The van der Waals surface area contributed by atoms with Gasteiger partial charge >= 0.3 is 5.97 Å². The SMILES string of the molecule is CN1CCN(Cc2nc(-c3ccncc3)c(C(=O)O)s2)CC1. The zero-order chi connectivity index (χ0) is 15.5. The van der Waals surface area contributed by atoms with Gasteiger partial charge in [0.05, 0.1) is 12.2 Å². The topological polar surface area (TPSA) is 69.6 Å². The molecule has 3 heterocycles. The lowest BCUT2D eigenvalue weighted by atomic mass is 10.2. The minimum Gasteiger partial charge on any atom is -0.477 e. The van der Waals surface area contributed by atoms with Crippen LogP contribution in [0.5, 0.6) is 0 Å². The third-order valence-electron chi connectivity index (χ3n) is 3.77. The molecule has 0 aliphatic carbocycles. The van der Waals surface area contributed by atoms with Gasteiger partial charge < -0.3 is 10.0 Å². The average Bonchev–Trinajstić information content (AvgIpc) is 2.95. The average molecular weight is 318 g/mol. The third kappa shape index (κ3) is 3.32. The predicted molar refractivity (Wildman–Crippen MR) is 85.1 cm³/mol. The van der Waals surface area contributed by atoms with Crippen molar-refractivity contribution in [3.8, 4) is 11.3 Å². The van der Waals surface area contributed by atoms with Gasteiger partial charge in [-0.2, -0.15) is 0 Å². The molecule has 0 saturated carbocycles. The molecule has 6 nitrogen and oxygen atoms in total. The zero-order valence-electron chi connectivity index (χ0n) is 12.4. The summed E-state index contributed by atoms with van der Waals surface area (Å²) in [7, 11) is 2.12. The van der Waals surface area contributed by atoms with Crippen LogP contribution in [0.3, 0.4) is 0 Å². The second kappa shape index (κ2) is 6.51. The molecule has 1 aliphatic heterocycles. The first-order valence-electron chi connectivity index (χ1n) is 7.18. The Balaban J connectivity index is 1.83. The second-order valence-electron chi connectivity index (χ2n) is 5.41. The van der Waals surface area contributed by atoms with Crippen molar-refractivity contribution < 1.29 is 9.90 Å². The minimum atomic E-state index is -0.922. The van der Waals surface area contributed by atoms with Gasteiger partial charge in [-0.15, -0.1) is 11.3 Å². The number of carboxylic acids is 1.